The Hall–Kier alpha value is -3.15. The summed E-state index contributed by atoms with van der Waals surface area (Å²) in [5.41, 5.74) is 4.82. The highest BCUT2D eigenvalue weighted by Crippen LogP contribution is 2.18. The second-order valence-corrected chi connectivity index (χ2v) is 6.49. The first-order chi connectivity index (χ1) is 12.9. The largest absolute Gasteiger partial charge is 0.484 e. The van der Waals surface area contributed by atoms with Crippen molar-refractivity contribution in [3.63, 3.8) is 0 Å². The van der Waals surface area contributed by atoms with E-state index in [0.29, 0.717) is 17.4 Å². The predicted molar refractivity (Wildman–Crippen MR) is 107 cm³/mol. The lowest BCUT2D eigenvalue weighted by Crippen LogP contribution is -2.26. The molecule has 6 nitrogen and oxygen atoms in total. The Morgan fingerprint density at radius 3 is 2.30 bits per heavy atom. The molecule has 0 aliphatic rings. The average Bonchev–Trinajstić information content (AvgIpc) is 2.65. The van der Waals surface area contributed by atoms with Crippen molar-refractivity contribution >= 4 is 23.2 Å². The third kappa shape index (κ3) is 7.32. The fourth-order valence-electron chi connectivity index (χ4n) is 2.29. The molecular weight excluding hydrogens is 342 g/mol. The third-order valence-electron chi connectivity index (χ3n) is 3.76. The van der Waals surface area contributed by atoms with Crippen LogP contribution >= 0.6 is 0 Å². The number of benzene rings is 2. The van der Waals surface area contributed by atoms with Gasteiger partial charge < -0.3 is 10.1 Å². The normalized spacial score (nSPS) is 11.2. The van der Waals surface area contributed by atoms with Crippen molar-refractivity contribution < 1.29 is 14.3 Å². The summed E-state index contributed by atoms with van der Waals surface area (Å²) in [6, 6.07) is 16.8. The van der Waals surface area contributed by atoms with Crippen LogP contribution in [0.3, 0.4) is 0 Å². The third-order valence-corrected chi connectivity index (χ3v) is 3.76. The van der Waals surface area contributed by atoms with Crippen LogP contribution in [0.2, 0.25) is 0 Å². The van der Waals surface area contributed by atoms with Crippen molar-refractivity contribution in [1.82, 2.24) is 5.43 Å². The molecule has 0 saturated heterocycles. The molecule has 142 valence electrons. The molecule has 6 heteroatoms. The predicted octanol–water partition coefficient (Wildman–Crippen LogP) is 3.71. The quantitative estimate of drug-likeness (QED) is 0.551. The van der Waals surface area contributed by atoms with E-state index < -0.39 is 0 Å². The van der Waals surface area contributed by atoms with Gasteiger partial charge in [0.15, 0.2) is 6.61 Å². The number of hydrazone groups is 1. The summed E-state index contributed by atoms with van der Waals surface area (Å²) in [5, 5.41) is 6.69. The van der Waals surface area contributed by atoms with Crippen molar-refractivity contribution in [2.75, 3.05) is 11.9 Å². The smallest absolute Gasteiger partial charge is 0.277 e. The summed E-state index contributed by atoms with van der Waals surface area (Å²) < 4.78 is 5.43. The summed E-state index contributed by atoms with van der Waals surface area (Å²) >= 11 is 0. The molecule has 0 spiro atoms. The van der Waals surface area contributed by atoms with E-state index in [1.54, 1.807) is 19.1 Å². The first kappa shape index (κ1) is 20.2. The van der Waals surface area contributed by atoms with Gasteiger partial charge in [-0.1, -0.05) is 44.2 Å². The molecule has 0 unspecified atom stereocenters. The molecule has 0 aromatic heterocycles. The zero-order chi connectivity index (χ0) is 19.6. The van der Waals surface area contributed by atoms with Gasteiger partial charge in [0.1, 0.15) is 5.75 Å². The highest BCUT2D eigenvalue weighted by atomic mass is 16.5. The number of anilines is 1. The highest BCUT2D eigenvalue weighted by Gasteiger charge is 2.06. The maximum atomic E-state index is 11.9. The maximum absolute atomic E-state index is 11.9. The monoisotopic (exact) mass is 367 g/mol. The van der Waals surface area contributed by atoms with E-state index in [4.69, 9.17) is 4.74 Å². The number of hydrogen-bond donors (Lipinski definition) is 2. The summed E-state index contributed by atoms with van der Waals surface area (Å²) in [6.45, 7) is 5.76. The van der Waals surface area contributed by atoms with Gasteiger partial charge >= 0.3 is 0 Å². The Morgan fingerprint density at radius 1 is 1.00 bits per heavy atom. The molecule has 27 heavy (non-hydrogen) atoms. The molecule has 0 aliphatic heterocycles. The van der Waals surface area contributed by atoms with Crippen molar-refractivity contribution in [2.24, 2.45) is 5.10 Å². The van der Waals surface area contributed by atoms with E-state index in [0.717, 1.165) is 5.69 Å². The highest BCUT2D eigenvalue weighted by molar-refractivity contribution is 6.05. The van der Waals surface area contributed by atoms with Crippen LogP contribution in [-0.4, -0.2) is 24.1 Å². The zero-order valence-corrected chi connectivity index (χ0v) is 15.9. The molecule has 2 amide bonds. The number of nitrogens with one attached hydrogen (secondary N) is 2. The second kappa shape index (κ2) is 10.1. The van der Waals surface area contributed by atoms with Crippen molar-refractivity contribution in [3.05, 3.63) is 60.2 Å². The minimum absolute atomic E-state index is 0.0900. The first-order valence-corrected chi connectivity index (χ1v) is 8.83. The van der Waals surface area contributed by atoms with Gasteiger partial charge in [-0.2, -0.15) is 5.10 Å². The van der Waals surface area contributed by atoms with E-state index in [-0.39, 0.29) is 24.8 Å². The summed E-state index contributed by atoms with van der Waals surface area (Å²) in [5.74, 6) is 0.486. The molecular formula is C21H25N3O3. The van der Waals surface area contributed by atoms with Gasteiger partial charge in [0.05, 0.1) is 6.42 Å². The molecule has 2 rings (SSSR count). The van der Waals surface area contributed by atoms with Crippen molar-refractivity contribution in [1.29, 1.82) is 0 Å². The molecule has 0 radical (unpaired) electrons. The van der Waals surface area contributed by atoms with Gasteiger partial charge in [-0.15, -0.1) is 0 Å². The number of para-hydroxylation sites is 1. The summed E-state index contributed by atoms with van der Waals surface area (Å²) in [7, 11) is 0. The van der Waals surface area contributed by atoms with Gasteiger partial charge in [0, 0.05) is 11.4 Å². The number of amides is 2. The number of rotatable bonds is 8. The van der Waals surface area contributed by atoms with E-state index in [1.165, 1.54) is 5.56 Å². The van der Waals surface area contributed by atoms with Crippen LogP contribution in [-0.2, 0) is 9.59 Å². The lowest BCUT2D eigenvalue weighted by molar-refractivity contribution is -0.123. The number of carbonyl (C=O) groups is 2. The Bertz CT molecular complexity index is 784. The number of ether oxygens (including phenoxy) is 1. The number of hydrogen-bond acceptors (Lipinski definition) is 4. The van der Waals surface area contributed by atoms with Crippen LogP contribution in [0.5, 0.6) is 5.75 Å². The van der Waals surface area contributed by atoms with Gasteiger partial charge in [-0.25, -0.2) is 5.43 Å². The van der Waals surface area contributed by atoms with Crippen LogP contribution in [0.25, 0.3) is 0 Å². The van der Waals surface area contributed by atoms with Gasteiger partial charge in [-0.05, 0) is 42.7 Å². The minimum Gasteiger partial charge on any atom is -0.484 e. The van der Waals surface area contributed by atoms with Crippen LogP contribution in [0.4, 0.5) is 5.69 Å². The van der Waals surface area contributed by atoms with Crippen molar-refractivity contribution in [2.45, 2.75) is 33.1 Å². The van der Waals surface area contributed by atoms with Crippen LogP contribution in [0, 0.1) is 0 Å². The van der Waals surface area contributed by atoms with Gasteiger partial charge in [-0.3, -0.25) is 9.59 Å². The standard InChI is InChI=1S/C21H25N3O3/c1-15(2)17-9-11-19(12-10-17)27-14-21(26)24-23-16(3)13-20(25)22-18-7-5-4-6-8-18/h4-12,15H,13-14H2,1-3H3,(H,22,25)(H,24,26)/b23-16-. The fraction of sp³-hybridized carbons (Fsp3) is 0.286. The molecule has 2 aromatic carbocycles. The van der Waals surface area contributed by atoms with E-state index >= 15 is 0 Å². The maximum Gasteiger partial charge on any atom is 0.277 e. The average molecular weight is 367 g/mol. The van der Waals surface area contributed by atoms with E-state index in [2.05, 4.69) is 29.7 Å². The molecule has 0 atom stereocenters. The van der Waals surface area contributed by atoms with E-state index in [9.17, 15) is 9.59 Å². The molecule has 0 bridgehead atoms. The molecule has 0 saturated carbocycles. The Balaban J connectivity index is 1.73. The molecule has 2 N–H and O–H groups in total. The van der Waals surface area contributed by atoms with Crippen LogP contribution < -0.4 is 15.5 Å². The fourth-order valence-corrected chi connectivity index (χ4v) is 2.29. The van der Waals surface area contributed by atoms with Crippen molar-refractivity contribution in [3.8, 4) is 5.75 Å². The van der Waals surface area contributed by atoms with Crippen LogP contribution in [0.15, 0.2) is 59.7 Å². The van der Waals surface area contributed by atoms with Gasteiger partial charge in [0.2, 0.25) is 5.91 Å². The molecule has 0 fully saturated rings. The van der Waals surface area contributed by atoms with Crippen LogP contribution in [0.1, 0.15) is 38.7 Å². The Kier molecular flexibility index (Phi) is 7.55. The molecule has 0 heterocycles. The lowest BCUT2D eigenvalue weighted by Gasteiger charge is -2.08. The van der Waals surface area contributed by atoms with Gasteiger partial charge in [0.25, 0.3) is 5.91 Å². The Labute approximate surface area is 159 Å². The Morgan fingerprint density at radius 2 is 1.67 bits per heavy atom. The second-order valence-electron chi connectivity index (χ2n) is 6.49. The zero-order valence-electron chi connectivity index (χ0n) is 15.9. The lowest BCUT2D eigenvalue weighted by atomic mass is 10.0. The number of carbonyl (C=O) groups excluding carboxylic acids is 2. The summed E-state index contributed by atoms with van der Waals surface area (Å²) in [4.78, 5) is 23.8. The minimum atomic E-state index is -0.384. The SMILES string of the molecule is C/C(CC(=O)Nc1ccccc1)=N/NC(=O)COc1ccc(C(C)C)cc1. The molecule has 2 aromatic rings. The number of nitrogens with zero attached hydrogens (tertiary/aromatic N) is 1. The molecule has 0 aliphatic carbocycles. The van der Waals surface area contributed by atoms with E-state index in [1.807, 2.05) is 42.5 Å². The topological polar surface area (TPSA) is 79.8 Å². The first-order valence-electron chi connectivity index (χ1n) is 8.83. The summed E-state index contributed by atoms with van der Waals surface area (Å²) in [6.07, 6.45) is 0.0900.